The van der Waals surface area contributed by atoms with Gasteiger partial charge in [-0.1, -0.05) is 30.3 Å². The number of amides is 1. The molecule has 6 heteroatoms. The molecule has 5 nitrogen and oxygen atoms in total. The molecule has 1 amide bonds. The number of carbonyl (C=O) groups is 1. The molecule has 0 N–H and O–H groups in total. The maximum Gasteiger partial charge on any atom is 0.234 e. The van der Waals surface area contributed by atoms with Gasteiger partial charge in [-0.15, -0.1) is 11.8 Å². The second-order valence-corrected chi connectivity index (χ2v) is 6.88. The van der Waals surface area contributed by atoms with Crippen LogP contribution in [0, 0.1) is 0 Å². The predicted octanol–water partition coefficient (Wildman–Crippen LogP) is 3.88. The van der Waals surface area contributed by atoms with E-state index >= 15 is 0 Å². The van der Waals surface area contributed by atoms with E-state index in [-0.39, 0.29) is 11.3 Å². The summed E-state index contributed by atoms with van der Waals surface area (Å²) in [4.78, 5) is 14.5. The number of methoxy groups -OCH3 is 2. The molecule has 1 aliphatic rings. The minimum atomic E-state index is -0.0823. The Morgan fingerprint density at radius 1 is 1.08 bits per heavy atom. The predicted molar refractivity (Wildman–Crippen MR) is 103 cm³/mol. The molecular weight excluding hydrogens is 350 g/mol. The van der Waals surface area contributed by atoms with Crippen LogP contribution in [-0.4, -0.2) is 37.4 Å². The van der Waals surface area contributed by atoms with E-state index < -0.39 is 0 Å². The van der Waals surface area contributed by atoms with Crippen LogP contribution in [0.3, 0.4) is 0 Å². The van der Waals surface area contributed by atoms with Crippen molar-refractivity contribution in [3.05, 3.63) is 53.6 Å². The van der Waals surface area contributed by atoms with Gasteiger partial charge in [0.2, 0.25) is 5.91 Å². The van der Waals surface area contributed by atoms with Crippen LogP contribution >= 0.6 is 11.8 Å². The van der Waals surface area contributed by atoms with Crippen molar-refractivity contribution in [3.63, 3.8) is 0 Å². The van der Waals surface area contributed by atoms with Crippen molar-refractivity contribution in [2.24, 2.45) is 0 Å². The number of benzene rings is 2. The summed E-state index contributed by atoms with van der Waals surface area (Å²) in [6.07, 6.45) is 0. The van der Waals surface area contributed by atoms with Crippen LogP contribution in [0.25, 0.3) is 0 Å². The zero-order chi connectivity index (χ0) is 18.5. The third-order valence-electron chi connectivity index (χ3n) is 4.28. The molecule has 26 heavy (non-hydrogen) atoms. The summed E-state index contributed by atoms with van der Waals surface area (Å²) in [5, 5.41) is -0.0823. The highest BCUT2D eigenvalue weighted by Crippen LogP contribution is 2.44. The van der Waals surface area contributed by atoms with Gasteiger partial charge in [-0.2, -0.15) is 0 Å². The normalized spacial score (nSPS) is 16.7. The molecule has 0 aliphatic carbocycles. The highest BCUT2D eigenvalue weighted by atomic mass is 32.2. The molecule has 1 fully saturated rings. The number of ether oxygens (including phenoxy) is 3. The molecule has 1 unspecified atom stereocenters. The number of hydrogen-bond acceptors (Lipinski definition) is 5. The van der Waals surface area contributed by atoms with Gasteiger partial charge in [0.15, 0.2) is 11.5 Å². The van der Waals surface area contributed by atoms with Gasteiger partial charge >= 0.3 is 0 Å². The lowest BCUT2D eigenvalue weighted by molar-refractivity contribution is -0.128. The average molecular weight is 373 g/mol. The van der Waals surface area contributed by atoms with E-state index in [0.717, 1.165) is 16.9 Å². The second kappa shape index (κ2) is 8.36. The minimum absolute atomic E-state index is 0.0823. The fraction of sp³-hybridized carbons (Fsp3) is 0.350. The first-order chi connectivity index (χ1) is 12.7. The van der Waals surface area contributed by atoms with Crippen molar-refractivity contribution in [1.29, 1.82) is 0 Å². The zero-order valence-electron chi connectivity index (χ0n) is 15.2. The number of hydrogen-bond donors (Lipinski definition) is 0. The highest BCUT2D eigenvalue weighted by Gasteiger charge is 2.35. The van der Waals surface area contributed by atoms with Gasteiger partial charge in [0.05, 0.1) is 33.1 Å². The first-order valence-electron chi connectivity index (χ1n) is 8.52. The number of nitrogens with zero attached hydrogens (tertiary/aromatic N) is 1. The van der Waals surface area contributed by atoms with E-state index in [0.29, 0.717) is 30.4 Å². The SMILES string of the molecule is CCOc1ccccc1C1SCC(=O)N1Cc1cccc(OC)c1OC. The van der Waals surface area contributed by atoms with E-state index in [9.17, 15) is 4.79 Å². The lowest BCUT2D eigenvalue weighted by Crippen LogP contribution is -2.28. The molecule has 2 aromatic rings. The van der Waals surface area contributed by atoms with E-state index in [1.54, 1.807) is 26.0 Å². The van der Waals surface area contributed by atoms with E-state index in [1.807, 2.05) is 54.3 Å². The van der Waals surface area contributed by atoms with Crippen LogP contribution in [-0.2, 0) is 11.3 Å². The number of rotatable bonds is 7. The number of para-hydroxylation sites is 2. The molecule has 1 atom stereocenters. The van der Waals surface area contributed by atoms with Gasteiger partial charge < -0.3 is 19.1 Å². The molecule has 3 rings (SSSR count). The minimum Gasteiger partial charge on any atom is -0.493 e. The largest absolute Gasteiger partial charge is 0.493 e. The Morgan fingerprint density at radius 2 is 1.85 bits per heavy atom. The average Bonchev–Trinajstić information content (AvgIpc) is 3.02. The van der Waals surface area contributed by atoms with Crippen LogP contribution < -0.4 is 14.2 Å². The van der Waals surface area contributed by atoms with Crippen LogP contribution in [0.5, 0.6) is 17.2 Å². The van der Waals surface area contributed by atoms with Gasteiger partial charge in [0, 0.05) is 11.1 Å². The molecule has 1 aliphatic heterocycles. The van der Waals surface area contributed by atoms with Crippen molar-refractivity contribution in [3.8, 4) is 17.2 Å². The quantitative estimate of drug-likeness (QED) is 0.737. The fourth-order valence-corrected chi connectivity index (χ4v) is 4.33. The topological polar surface area (TPSA) is 48.0 Å². The van der Waals surface area contributed by atoms with Crippen molar-refractivity contribution < 1.29 is 19.0 Å². The van der Waals surface area contributed by atoms with E-state index in [4.69, 9.17) is 14.2 Å². The maximum absolute atomic E-state index is 12.6. The number of thioether (sulfide) groups is 1. The Balaban J connectivity index is 1.93. The summed E-state index contributed by atoms with van der Waals surface area (Å²) in [6.45, 7) is 3.01. The van der Waals surface area contributed by atoms with Crippen molar-refractivity contribution >= 4 is 17.7 Å². The summed E-state index contributed by atoms with van der Waals surface area (Å²) in [7, 11) is 3.23. The summed E-state index contributed by atoms with van der Waals surface area (Å²) < 4.78 is 16.7. The van der Waals surface area contributed by atoms with Gasteiger partial charge in [0.25, 0.3) is 0 Å². The Labute approximate surface area is 158 Å². The number of carbonyl (C=O) groups excluding carboxylic acids is 1. The molecule has 0 aromatic heterocycles. The summed E-state index contributed by atoms with van der Waals surface area (Å²) in [6, 6.07) is 13.6. The van der Waals surface area contributed by atoms with Crippen molar-refractivity contribution in [2.45, 2.75) is 18.8 Å². The zero-order valence-corrected chi connectivity index (χ0v) is 16.0. The van der Waals surface area contributed by atoms with Crippen LogP contribution in [0.15, 0.2) is 42.5 Å². The Hall–Kier alpha value is -2.34. The van der Waals surface area contributed by atoms with Gasteiger partial charge in [0.1, 0.15) is 11.1 Å². The molecule has 1 saturated heterocycles. The summed E-state index contributed by atoms with van der Waals surface area (Å²) in [5.74, 6) is 2.71. The molecule has 0 bridgehead atoms. The van der Waals surface area contributed by atoms with E-state index in [1.165, 1.54) is 0 Å². The molecule has 0 saturated carbocycles. The first-order valence-corrected chi connectivity index (χ1v) is 9.57. The third kappa shape index (κ3) is 3.60. The van der Waals surface area contributed by atoms with Gasteiger partial charge in [-0.3, -0.25) is 4.79 Å². The summed E-state index contributed by atoms with van der Waals surface area (Å²) in [5.41, 5.74) is 1.94. The first kappa shape index (κ1) is 18.5. The molecule has 138 valence electrons. The Bertz CT molecular complexity index is 780. The van der Waals surface area contributed by atoms with Gasteiger partial charge in [-0.05, 0) is 19.1 Å². The third-order valence-corrected chi connectivity index (χ3v) is 5.52. The van der Waals surface area contributed by atoms with Crippen LogP contribution in [0.1, 0.15) is 23.4 Å². The standard InChI is InChI=1S/C20H23NO4S/c1-4-25-16-10-6-5-9-15(16)20-21(18(22)13-26-20)12-14-8-7-11-17(23-2)19(14)24-3/h5-11,20H,4,12-13H2,1-3H3. The Kier molecular flexibility index (Phi) is 5.93. The lowest BCUT2D eigenvalue weighted by Gasteiger charge is -2.26. The summed E-state index contributed by atoms with van der Waals surface area (Å²) >= 11 is 1.62. The van der Waals surface area contributed by atoms with Crippen LogP contribution in [0.2, 0.25) is 0 Å². The Morgan fingerprint density at radius 3 is 2.58 bits per heavy atom. The smallest absolute Gasteiger partial charge is 0.234 e. The molecular formula is C20H23NO4S. The molecule has 0 spiro atoms. The molecule has 2 aromatic carbocycles. The maximum atomic E-state index is 12.6. The monoisotopic (exact) mass is 373 g/mol. The second-order valence-electron chi connectivity index (χ2n) is 5.81. The fourth-order valence-electron chi connectivity index (χ4n) is 3.12. The highest BCUT2D eigenvalue weighted by molar-refractivity contribution is 8.00. The van der Waals surface area contributed by atoms with Gasteiger partial charge in [-0.25, -0.2) is 0 Å². The van der Waals surface area contributed by atoms with Crippen molar-refractivity contribution in [1.82, 2.24) is 4.90 Å². The van der Waals surface area contributed by atoms with Crippen LogP contribution in [0.4, 0.5) is 0 Å². The molecule has 1 heterocycles. The molecule has 0 radical (unpaired) electrons. The lowest BCUT2D eigenvalue weighted by atomic mass is 10.1. The van der Waals surface area contributed by atoms with E-state index in [2.05, 4.69) is 0 Å². The van der Waals surface area contributed by atoms with Crippen molar-refractivity contribution in [2.75, 3.05) is 26.6 Å².